The molecular weight excluding hydrogens is 380 g/mol. The summed E-state index contributed by atoms with van der Waals surface area (Å²) in [5.74, 6) is 1.95. The lowest BCUT2D eigenvalue weighted by atomic mass is 10.1. The molecule has 2 N–H and O–H groups in total. The van der Waals surface area contributed by atoms with Gasteiger partial charge in [0.1, 0.15) is 11.5 Å². The molecule has 30 heavy (non-hydrogen) atoms. The Morgan fingerprint density at radius 2 is 1.77 bits per heavy atom. The van der Waals surface area contributed by atoms with Crippen molar-refractivity contribution in [2.45, 2.75) is 19.9 Å². The van der Waals surface area contributed by atoms with Crippen molar-refractivity contribution in [3.05, 3.63) is 60.2 Å². The fraction of sp³-hybridized carbons (Fsp3) is 0.217. The minimum absolute atomic E-state index is 0.126. The molecule has 2 aromatic heterocycles. The van der Waals surface area contributed by atoms with Crippen LogP contribution in [0.4, 0.5) is 5.82 Å². The summed E-state index contributed by atoms with van der Waals surface area (Å²) in [7, 11) is 3.28. The van der Waals surface area contributed by atoms with E-state index < -0.39 is 0 Å². The Morgan fingerprint density at radius 1 is 1.03 bits per heavy atom. The second-order valence-corrected chi connectivity index (χ2v) is 6.94. The normalized spacial score (nSPS) is 10.9. The molecule has 0 fully saturated rings. The number of aromatic amines is 1. The van der Waals surface area contributed by atoms with Gasteiger partial charge in [-0.05, 0) is 48.9 Å². The predicted octanol–water partition coefficient (Wildman–Crippen LogP) is 4.25. The third-order valence-corrected chi connectivity index (χ3v) is 5.07. The lowest BCUT2D eigenvalue weighted by molar-refractivity contribution is -0.115. The Hall–Kier alpha value is -3.74. The van der Waals surface area contributed by atoms with Gasteiger partial charge in [-0.15, -0.1) is 0 Å². The van der Waals surface area contributed by atoms with Gasteiger partial charge in [0.25, 0.3) is 0 Å². The quantitative estimate of drug-likeness (QED) is 0.483. The molecule has 1 amide bonds. The largest absolute Gasteiger partial charge is 0.497 e. The van der Waals surface area contributed by atoms with Crippen molar-refractivity contribution in [2.75, 3.05) is 19.5 Å². The maximum atomic E-state index is 12.4. The SMILES string of the molecule is CCn1c(-c2cc(NC(=O)Cc3ccc(OC)cc3)n[nH]2)cc2cc(OC)ccc21. The topological polar surface area (TPSA) is 81.2 Å². The molecule has 154 valence electrons. The number of hydrogen-bond acceptors (Lipinski definition) is 4. The van der Waals surface area contributed by atoms with Gasteiger partial charge in [-0.2, -0.15) is 5.10 Å². The zero-order valence-corrected chi connectivity index (χ0v) is 17.2. The van der Waals surface area contributed by atoms with Crippen LogP contribution in [0.15, 0.2) is 54.6 Å². The molecule has 4 rings (SSSR count). The average molecular weight is 404 g/mol. The number of carbonyl (C=O) groups excluding carboxylic acids is 1. The smallest absolute Gasteiger partial charge is 0.229 e. The van der Waals surface area contributed by atoms with E-state index >= 15 is 0 Å². The molecule has 0 aliphatic carbocycles. The van der Waals surface area contributed by atoms with E-state index in [1.807, 2.05) is 42.5 Å². The van der Waals surface area contributed by atoms with Gasteiger partial charge in [0.2, 0.25) is 5.91 Å². The van der Waals surface area contributed by atoms with Gasteiger partial charge in [0.15, 0.2) is 5.82 Å². The number of ether oxygens (including phenoxy) is 2. The summed E-state index contributed by atoms with van der Waals surface area (Å²) in [6.45, 7) is 2.91. The van der Waals surface area contributed by atoms with Crippen molar-refractivity contribution in [1.29, 1.82) is 0 Å². The third kappa shape index (κ3) is 3.87. The summed E-state index contributed by atoms with van der Waals surface area (Å²) in [4.78, 5) is 12.4. The highest BCUT2D eigenvalue weighted by Gasteiger charge is 2.14. The molecule has 7 heteroatoms. The number of fused-ring (bicyclic) bond motifs is 1. The van der Waals surface area contributed by atoms with Crippen LogP contribution in [0, 0.1) is 0 Å². The molecule has 0 bridgehead atoms. The van der Waals surface area contributed by atoms with E-state index in [1.165, 1.54) is 0 Å². The fourth-order valence-electron chi connectivity index (χ4n) is 3.57. The summed E-state index contributed by atoms with van der Waals surface area (Å²) in [6.07, 6.45) is 0.265. The molecular formula is C23H24N4O3. The highest BCUT2D eigenvalue weighted by Crippen LogP contribution is 2.30. The summed E-state index contributed by atoms with van der Waals surface area (Å²) >= 11 is 0. The first kappa shape index (κ1) is 19.6. The number of methoxy groups -OCH3 is 2. The van der Waals surface area contributed by atoms with Gasteiger partial charge < -0.3 is 19.4 Å². The highest BCUT2D eigenvalue weighted by atomic mass is 16.5. The van der Waals surface area contributed by atoms with E-state index in [2.05, 4.69) is 39.1 Å². The van der Waals surface area contributed by atoms with Crippen molar-refractivity contribution < 1.29 is 14.3 Å². The van der Waals surface area contributed by atoms with Gasteiger partial charge in [0.05, 0.1) is 32.0 Å². The van der Waals surface area contributed by atoms with Crippen molar-refractivity contribution in [3.8, 4) is 22.9 Å². The molecule has 0 radical (unpaired) electrons. The van der Waals surface area contributed by atoms with Gasteiger partial charge in [-0.3, -0.25) is 9.89 Å². The molecule has 2 heterocycles. The molecule has 0 saturated carbocycles. The first-order valence-electron chi connectivity index (χ1n) is 9.77. The highest BCUT2D eigenvalue weighted by molar-refractivity contribution is 5.92. The standard InChI is InChI=1S/C23H24N4O3/c1-4-27-20-10-9-18(30-3)12-16(20)13-21(27)19-14-22(26-25-19)24-23(28)11-15-5-7-17(29-2)8-6-15/h5-10,12-14H,4,11H2,1-3H3,(H2,24,25,26,28). The number of H-pyrrole nitrogens is 1. The summed E-state index contributed by atoms with van der Waals surface area (Å²) in [6, 6.07) is 17.4. The van der Waals surface area contributed by atoms with Crippen LogP contribution in [-0.4, -0.2) is 34.9 Å². The maximum absolute atomic E-state index is 12.4. The summed E-state index contributed by atoms with van der Waals surface area (Å²) < 4.78 is 12.7. The lowest BCUT2D eigenvalue weighted by Gasteiger charge is -2.06. The van der Waals surface area contributed by atoms with Gasteiger partial charge in [-0.1, -0.05) is 12.1 Å². The number of carbonyl (C=O) groups is 1. The molecule has 4 aromatic rings. The van der Waals surface area contributed by atoms with Crippen LogP contribution >= 0.6 is 0 Å². The number of anilines is 1. The van der Waals surface area contributed by atoms with Crippen molar-refractivity contribution in [1.82, 2.24) is 14.8 Å². The third-order valence-electron chi connectivity index (χ3n) is 5.07. The molecule has 2 aromatic carbocycles. The fourth-order valence-corrected chi connectivity index (χ4v) is 3.57. The zero-order valence-electron chi connectivity index (χ0n) is 17.2. The van der Waals surface area contributed by atoms with E-state index in [0.717, 1.165) is 45.9 Å². The number of hydrogen-bond donors (Lipinski definition) is 2. The molecule has 0 aliphatic heterocycles. The number of benzene rings is 2. The van der Waals surface area contributed by atoms with E-state index in [1.54, 1.807) is 14.2 Å². The Labute approximate surface area is 174 Å². The van der Waals surface area contributed by atoms with E-state index in [-0.39, 0.29) is 12.3 Å². The van der Waals surface area contributed by atoms with Crippen molar-refractivity contribution in [2.24, 2.45) is 0 Å². The summed E-state index contributed by atoms with van der Waals surface area (Å²) in [5, 5.41) is 11.2. The van der Waals surface area contributed by atoms with Crippen molar-refractivity contribution >= 4 is 22.6 Å². The van der Waals surface area contributed by atoms with Gasteiger partial charge in [-0.25, -0.2) is 0 Å². The molecule has 0 atom stereocenters. The van der Waals surface area contributed by atoms with Gasteiger partial charge in [0, 0.05) is 23.5 Å². The van der Waals surface area contributed by atoms with E-state index in [4.69, 9.17) is 9.47 Å². The molecule has 0 spiro atoms. The van der Waals surface area contributed by atoms with Crippen LogP contribution in [-0.2, 0) is 17.8 Å². The lowest BCUT2D eigenvalue weighted by Crippen LogP contribution is -2.14. The van der Waals surface area contributed by atoms with Crippen LogP contribution in [0.2, 0.25) is 0 Å². The molecule has 7 nitrogen and oxygen atoms in total. The number of rotatable bonds is 7. The second kappa shape index (κ2) is 8.32. The minimum Gasteiger partial charge on any atom is -0.497 e. The van der Waals surface area contributed by atoms with Gasteiger partial charge >= 0.3 is 0 Å². The summed E-state index contributed by atoms with van der Waals surface area (Å²) in [5.41, 5.74) is 3.87. The molecule has 0 saturated heterocycles. The van der Waals surface area contributed by atoms with Crippen molar-refractivity contribution in [3.63, 3.8) is 0 Å². The second-order valence-electron chi connectivity index (χ2n) is 6.94. The van der Waals surface area contributed by atoms with Crippen LogP contribution in [0.1, 0.15) is 12.5 Å². The minimum atomic E-state index is -0.126. The van der Waals surface area contributed by atoms with Crippen LogP contribution < -0.4 is 14.8 Å². The van der Waals surface area contributed by atoms with Crippen LogP contribution in [0.3, 0.4) is 0 Å². The van der Waals surface area contributed by atoms with E-state index in [9.17, 15) is 4.79 Å². The maximum Gasteiger partial charge on any atom is 0.229 e. The Balaban J connectivity index is 1.52. The first-order chi connectivity index (χ1) is 14.6. The Bertz CT molecular complexity index is 1180. The predicted molar refractivity (Wildman–Crippen MR) is 117 cm³/mol. The van der Waals surface area contributed by atoms with Crippen LogP contribution in [0.25, 0.3) is 22.3 Å². The number of aromatic nitrogens is 3. The molecule has 0 unspecified atom stereocenters. The van der Waals surface area contributed by atoms with Crippen LogP contribution in [0.5, 0.6) is 11.5 Å². The first-order valence-corrected chi connectivity index (χ1v) is 9.77. The average Bonchev–Trinajstić information content (AvgIpc) is 3.37. The monoisotopic (exact) mass is 404 g/mol. The number of amides is 1. The number of nitrogens with zero attached hydrogens (tertiary/aromatic N) is 2. The number of aryl methyl sites for hydroxylation is 1. The molecule has 0 aliphatic rings. The Morgan fingerprint density at radius 3 is 2.47 bits per heavy atom. The zero-order chi connectivity index (χ0) is 21.1. The van der Waals surface area contributed by atoms with E-state index in [0.29, 0.717) is 5.82 Å². The number of nitrogens with one attached hydrogen (secondary N) is 2. The Kier molecular flexibility index (Phi) is 5.43.